The molecular weight excluding hydrogens is 284 g/mol. The molecule has 2 N–H and O–H groups in total. The Kier molecular flexibility index (Phi) is 10.7. The van der Waals surface area contributed by atoms with Gasteiger partial charge in [-0.05, 0) is 31.5 Å². The van der Waals surface area contributed by atoms with Crippen molar-refractivity contribution in [3.8, 4) is 5.75 Å². The van der Waals surface area contributed by atoms with Gasteiger partial charge in [0.1, 0.15) is 5.75 Å². The van der Waals surface area contributed by atoms with Gasteiger partial charge in [-0.2, -0.15) is 0 Å². The van der Waals surface area contributed by atoms with Gasteiger partial charge in [0, 0.05) is 31.8 Å². The summed E-state index contributed by atoms with van der Waals surface area (Å²) in [5.74, 6) is 0.633. The second kappa shape index (κ2) is 11.5. The first-order chi connectivity index (χ1) is 9.24. The Balaban J connectivity index is 0.00000361. The van der Waals surface area contributed by atoms with Crippen LogP contribution in [-0.4, -0.2) is 31.3 Å². The van der Waals surface area contributed by atoms with Crippen LogP contribution in [0.4, 0.5) is 5.69 Å². The molecule has 0 saturated heterocycles. The highest BCUT2D eigenvalue weighted by Gasteiger charge is 2.03. The van der Waals surface area contributed by atoms with E-state index >= 15 is 0 Å². The lowest BCUT2D eigenvalue weighted by atomic mass is 10.3. The van der Waals surface area contributed by atoms with Crippen LogP contribution < -0.4 is 10.5 Å². The van der Waals surface area contributed by atoms with E-state index in [-0.39, 0.29) is 18.1 Å². The van der Waals surface area contributed by atoms with Gasteiger partial charge in [0.25, 0.3) is 5.69 Å². The molecule has 0 fully saturated rings. The summed E-state index contributed by atoms with van der Waals surface area (Å²) in [6, 6.07) is 6.05. The molecule has 0 heterocycles. The van der Waals surface area contributed by atoms with Crippen LogP contribution in [0.15, 0.2) is 24.3 Å². The lowest BCUT2D eigenvalue weighted by molar-refractivity contribution is -0.384. The summed E-state index contributed by atoms with van der Waals surface area (Å²) >= 11 is 0. The molecule has 7 heteroatoms. The van der Waals surface area contributed by atoms with Crippen LogP contribution in [0.1, 0.15) is 19.3 Å². The fourth-order valence-electron chi connectivity index (χ4n) is 1.47. The van der Waals surface area contributed by atoms with Crippen LogP contribution in [0, 0.1) is 10.1 Å². The Morgan fingerprint density at radius 3 is 2.30 bits per heavy atom. The quantitative estimate of drug-likeness (QED) is 0.408. The number of nitrogens with zero attached hydrogens (tertiary/aromatic N) is 1. The van der Waals surface area contributed by atoms with Gasteiger partial charge in [-0.25, -0.2) is 0 Å². The lowest BCUT2D eigenvalue weighted by Crippen LogP contribution is -2.05. The zero-order chi connectivity index (χ0) is 13.9. The molecule has 1 rings (SSSR count). The number of benzene rings is 1. The van der Waals surface area contributed by atoms with Crippen LogP contribution in [-0.2, 0) is 4.74 Å². The van der Waals surface area contributed by atoms with Crippen LogP contribution >= 0.6 is 12.4 Å². The van der Waals surface area contributed by atoms with Gasteiger partial charge in [-0.15, -0.1) is 12.4 Å². The summed E-state index contributed by atoms with van der Waals surface area (Å²) in [4.78, 5) is 10.0. The third-order valence-corrected chi connectivity index (χ3v) is 2.49. The molecule has 0 bridgehead atoms. The first kappa shape index (κ1) is 18.6. The van der Waals surface area contributed by atoms with Gasteiger partial charge < -0.3 is 15.2 Å². The largest absolute Gasteiger partial charge is 0.494 e. The van der Waals surface area contributed by atoms with Crippen molar-refractivity contribution in [2.75, 3.05) is 26.4 Å². The topological polar surface area (TPSA) is 87.6 Å². The smallest absolute Gasteiger partial charge is 0.269 e. The predicted molar refractivity (Wildman–Crippen MR) is 79.6 cm³/mol. The van der Waals surface area contributed by atoms with E-state index < -0.39 is 4.92 Å². The summed E-state index contributed by atoms with van der Waals surface area (Å²) < 4.78 is 10.8. The first-order valence-corrected chi connectivity index (χ1v) is 6.39. The second-order valence-corrected chi connectivity index (χ2v) is 4.06. The highest BCUT2D eigenvalue weighted by Crippen LogP contribution is 2.17. The van der Waals surface area contributed by atoms with Gasteiger partial charge in [-0.3, -0.25) is 10.1 Å². The van der Waals surface area contributed by atoms with E-state index in [1.165, 1.54) is 12.1 Å². The minimum absolute atomic E-state index is 0. The molecule has 0 aliphatic carbocycles. The molecule has 0 saturated carbocycles. The Labute approximate surface area is 124 Å². The molecule has 0 atom stereocenters. The predicted octanol–water partition coefficient (Wildman–Crippen LogP) is 2.54. The van der Waals surface area contributed by atoms with E-state index in [0.717, 1.165) is 25.9 Å². The maximum atomic E-state index is 10.5. The lowest BCUT2D eigenvalue weighted by Gasteiger charge is -2.06. The van der Waals surface area contributed by atoms with Crippen molar-refractivity contribution in [3.63, 3.8) is 0 Å². The minimum atomic E-state index is -0.432. The van der Waals surface area contributed by atoms with E-state index in [9.17, 15) is 10.1 Å². The molecule has 0 spiro atoms. The van der Waals surface area contributed by atoms with Gasteiger partial charge in [0.15, 0.2) is 0 Å². The maximum absolute atomic E-state index is 10.5. The van der Waals surface area contributed by atoms with E-state index in [1.54, 1.807) is 12.1 Å². The summed E-state index contributed by atoms with van der Waals surface area (Å²) in [6.45, 7) is 2.62. The van der Waals surface area contributed by atoms with Crippen molar-refractivity contribution in [1.29, 1.82) is 0 Å². The number of halogens is 1. The Morgan fingerprint density at radius 2 is 1.70 bits per heavy atom. The molecule has 1 aromatic rings. The van der Waals surface area contributed by atoms with Gasteiger partial charge in [-0.1, -0.05) is 0 Å². The summed E-state index contributed by atoms with van der Waals surface area (Å²) in [7, 11) is 0. The monoisotopic (exact) mass is 304 g/mol. The zero-order valence-electron chi connectivity index (χ0n) is 11.3. The van der Waals surface area contributed by atoms with Gasteiger partial charge >= 0.3 is 0 Å². The van der Waals surface area contributed by atoms with Gasteiger partial charge in [0.05, 0.1) is 11.5 Å². The Morgan fingerprint density at radius 1 is 1.05 bits per heavy atom. The van der Waals surface area contributed by atoms with Crippen LogP contribution in [0.2, 0.25) is 0 Å². The number of ether oxygens (including phenoxy) is 2. The van der Waals surface area contributed by atoms with E-state index in [2.05, 4.69) is 0 Å². The molecule has 0 radical (unpaired) electrons. The fourth-order valence-corrected chi connectivity index (χ4v) is 1.47. The molecule has 6 nitrogen and oxygen atoms in total. The van der Waals surface area contributed by atoms with Crippen molar-refractivity contribution in [2.24, 2.45) is 5.73 Å². The SMILES string of the molecule is Cl.NCCCCOCCCOc1ccc([N+](=O)[O-])cc1. The molecule has 0 unspecified atom stereocenters. The fraction of sp³-hybridized carbons (Fsp3) is 0.538. The average Bonchev–Trinajstić information content (AvgIpc) is 2.42. The van der Waals surface area contributed by atoms with Crippen LogP contribution in [0.5, 0.6) is 5.75 Å². The van der Waals surface area contributed by atoms with Crippen molar-refractivity contribution in [2.45, 2.75) is 19.3 Å². The number of unbranched alkanes of at least 4 members (excludes halogenated alkanes) is 1. The standard InChI is InChI=1S/C13H20N2O4.ClH/c14-8-1-2-9-18-10-3-11-19-13-6-4-12(5-7-13)15(16)17;/h4-7H,1-3,8-11,14H2;1H. The third-order valence-electron chi connectivity index (χ3n) is 2.49. The van der Waals surface area contributed by atoms with E-state index in [1.807, 2.05) is 0 Å². The van der Waals surface area contributed by atoms with Crippen molar-refractivity contribution in [1.82, 2.24) is 0 Å². The Bertz CT molecular complexity index is 373. The van der Waals surface area contributed by atoms with Crippen LogP contribution in [0.25, 0.3) is 0 Å². The molecule has 1 aromatic carbocycles. The van der Waals surface area contributed by atoms with E-state index in [4.69, 9.17) is 15.2 Å². The van der Waals surface area contributed by atoms with Crippen molar-refractivity contribution in [3.05, 3.63) is 34.4 Å². The highest BCUT2D eigenvalue weighted by atomic mass is 35.5. The summed E-state index contributed by atoms with van der Waals surface area (Å²) in [5.41, 5.74) is 5.43. The number of rotatable bonds is 10. The third kappa shape index (κ3) is 7.93. The molecular formula is C13H21ClN2O4. The van der Waals surface area contributed by atoms with E-state index in [0.29, 0.717) is 25.5 Å². The molecule has 0 aliphatic rings. The number of non-ortho nitro benzene ring substituents is 1. The molecule has 0 aromatic heterocycles. The maximum Gasteiger partial charge on any atom is 0.269 e. The second-order valence-electron chi connectivity index (χ2n) is 4.06. The minimum Gasteiger partial charge on any atom is -0.494 e. The Hall–Kier alpha value is -1.37. The van der Waals surface area contributed by atoms with Crippen molar-refractivity contribution < 1.29 is 14.4 Å². The summed E-state index contributed by atoms with van der Waals surface area (Å²) in [5, 5.41) is 10.5. The number of nitro benzene ring substituents is 1. The van der Waals surface area contributed by atoms with Crippen molar-refractivity contribution >= 4 is 18.1 Å². The van der Waals surface area contributed by atoms with Gasteiger partial charge in [0.2, 0.25) is 0 Å². The van der Waals surface area contributed by atoms with Crippen LogP contribution in [0.3, 0.4) is 0 Å². The molecule has 20 heavy (non-hydrogen) atoms. The molecule has 0 amide bonds. The number of nitrogens with two attached hydrogens (primary N) is 1. The number of hydrogen-bond acceptors (Lipinski definition) is 5. The first-order valence-electron chi connectivity index (χ1n) is 6.39. The number of hydrogen-bond donors (Lipinski definition) is 1. The highest BCUT2D eigenvalue weighted by molar-refractivity contribution is 5.85. The molecule has 0 aliphatic heterocycles. The molecule has 114 valence electrons. The zero-order valence-corrected chi connectivity index (χ0v) is 12.1. The summed E-state index contributed by atoms with van der Waals surface area (Å²) in [6.07, 6.45) is 2.76. The number of nitro groups is 1. The average molecular weight is 305 g/mol. The normalized spacial score (nSPS) is 9.85.